The number of dihydropyridines is 1. The quantitative estimate of drug-likeness (QED) is 0.923. The van der Waals surface area contributed by atoms with Gasteiger partial charge in [0.2, 0.25) is 0 Å². The number of hydrogen-bond acceptors (Lipinski definition) is 3. The van der Waals surface area contributed by atoms with Crippen LogP contribution in [0.2, 0.25) is 0 Å². The summed E-state index contributed by atoms with van der Waals surface area (Å²) in [6.07, 6.45) is 7.21. The monoisotopic (exact) mass is 318 g/mol. The molecule has 1 aliphatic rings. The Balaban J connectivity index is 1.83. The molecule has 1 atom stereocenters. The molecule has 0 spiro atoms. The minimum absolute atomic E-state index is 0.294. The second-order valence-electron chi connectivity index (χ2n) is 4.87. The molecule has 1 aromatic carbocycles. The number of allylic oxidation sites excluding steroid dienone is 2. The maximum Gasteiger partial charge on any atom is 0.387 e. The number of alkyl halides is 2. The Kier molecular flexibility index (Phi) is 4.32. The minimum atomic E-state index is -3.07. The summed E-state index contributed by atoms with van der Waals surface area (Å²) in [5.74, 6) is -1.30. The standard InChI is InChI=1S/C17H13F3N2O/c18-12-8-7-11(10-16(12)23-17(19)20)13-5-3-6-15(22-13)14-4-1-2-9-21-14/h1-10,13,17,22H. The van der Waals surface area contributed by atoms with Crippen LogP contribution in [-0.4, -0.2) is 11.6 Å². The number of aromatic nitrogens is 1. The minimum Gasteiger partial charge on any atom is -0.432 e. The lowest BCUT2D eigenvalue weighted by Crippen LogP contribution is -2.21. The van der Waals surface area contributed by atoms with Gasteiger partial charge in [-0.3, -0.25) is 4.98 Å². The van der Waals surface area contributed by atoms with Gasteiger partial charge in [0, 0.05) is 6.20 Å². The molecule has 2 aromatic rings. The van der Waals surface area contributed by atoms with Gasteiger partial charge < -0.3 is 10.1 Å². The van der Waals surface area contributed by atoms with Crippen molar-refractivity contribution in [2.45, 2.75) is 12.7 Å². The summed E-state index contributed by atoms with van der Waals surface area (Å²) < 4.78 is 42.4. The van der Waals surface area contributed by atoms with Crippen LogP contribution in [0.1, 0.15) is 17.3 Å². The third-order valence-electron chi connectivity index (χ3n) is 3.35. The molecule has 0 radical (unpaired) electrons. The topological polar surface area (TPSA) is 34.2 Å². The summed E-state index contributed by atoms with van der Waals surface area (Å²) in [6, 6.07) is 9.14. The predicted octanol–water partition coefficient (Wildman–Crippen LogP) is 4.06. The Morgan fingerprint density at radius 3 is 2.78 bits per heavy atom. The van der Waals surface area contributed by atoms with E-state index in [-0.39, 0.29) is 6.04 Å². The molecule has 1 N–H and O–H groups in total. The SMILES string of the molecule is Fc1ccc(C2C=CC=C(c3ccccn3)N2)cc1OC(F)F. The Bertz CT molecular complexity index is 745. The lowest BCUT2D eigenvalue weighted by atomic mass is 10.0. The van der Waals surface area contributed by atoms with Crippen molar-refractivity contribution in [2.24, 2.45) is 0 Å². The first-order valence-electron chi connectivity index (χ1n) is 6.94. The van der Waals surface area contributed by atoms with E-state index in [2.05, 4.69) is 15.0 Å². The molecule has 0 saturated heterocycles. The number of nitrogens with one attached hydrogen (secondary N) is 1. The summed E-state index contributed by atoms with van der Waals surface area (Å²) in [5.41, 5.74) is 2.16. The smallest absolute Gasteiger partial charge is 0.387 e. The fraction of sp³-hybridized carbons (Fsp3) is 0.118. The molecule has 118 valence electrons. The zero-order valence-corrected chi connectivity index (χ0v) is 11.9. The maximum atomic E-state index is 13.5. The van der Waals surface area contributed by atoms with E-state index >= 15 is 0 Å². The molecule has 1 unspecified atom stereocenters. The molecule has 0 amide bonds. The van der Waals surface area contributed by atoms with E-state index in [9.17, 15) is 13.2 Å². The van der Waals surface area contributed by atoms with Crippen molar-refractivity contribution in [1.29, 1.82) is 0 Å². The zero-order chi connectivity index (χ0) is 16.2. The highest BCUT2D eigenvalue weighted by Crippen LogP contribution is 2.28. The van der Waals surface area contributed by atoms with Crippen LogP contribution in [0.25, 0.3) is 5.70 Å². The highest BCUT2D eigenvalue weighted by atomic mass is 19.3. The highest BCUT2D eigenvalue weighted by molar-refractivity contribution is 5.64. The first-order chi connectivity index (χ1) is 11.1. The lowest BCUT2D eigenvalue weighted by molar-refractivity contribution is -0.0522. The number of nitrogens with zero attached hydrogens (tertiary/aromatic N) is 1. The summed E-state index contributed by atoms with van der Waals surface area (Å²) in [5, 5.41) is 3.23. The Morgan fingerprint density at radius 2 is 2.04 bits per heavy atom. The summed E-state index contributed by atoms with van der Waals surface area (Å²) in [6.45, 7) is -3.07. The average Bonchev–Trinajstić information content (AvgIpc) is 2.57. The van der Waals surface area contributed by atoms with Gasteiger partial charge in [-0.2, -0.15) is 8.78 Å². The van der Waals surface area contributed by atoms with Gasteiger partial charge in [0.15, 0.2) is 11.6 Å². The Labute approximate surface area is 131 Å². The summed E-state index contributed by atoms with van der Waals surface area (Å²) in [4.78, 5) is 4.25. The van der Waals surface area contributed by atoms with Gasteiger partial charge >= 0.3 is 6.61 Å². The van der Waals surface area contributed by atoms with Gasteiger partial charge in [0.25, 0.3) is 0 Å². The van der Waals surface area contributed by atoms with Crippen molar-refractivity contribution < 1.29 is 17.9 Å². The number of ether oxygens (including phenoxy) is 1. The van der Waals surface area contributed by atoms with Gasteiger partial charge in [0.05, 0.1) is 17.4 Å². The zero-order valence-electron chi connectivity index (χ0n) is 11.9. The van der Waals surface area contributed by atoms with Gasteiger partial charge in [-0.1, -0.05) is 24.3 Å². The lowest BCUT2D eigenvalue weighted by Gasteiger charge is -2.22. The number of rotatable bonds is 4. The van der Waals surface area contributed by atoms with Crippen molar-refractivity contribution >= 4 is 5.70 Å². The van der Waals surface area contributed by atoms with Crippen LogP contribution in [-0.2, 0) is 0 Å². The summed E-state index contributed by atoms with van der Waals surface area (Å²) >= 11 is 0. The van der Waals surface area contributed by atoms with E-state index in [1.165, 1.54) is 12.1 Å². The van der Waals surface area contributed by atoms with E-state index in [1.54, 1.807) is 6.20 Å². The van der Waals surface area contributed by atoms with E-state index < -0.39 is 18.2 Å². The van der Waals surface area contributed by atoms with Crippen molar-refractivity contribution in [2.75, 3.05) is 0 Å². The van der Waals surface area contributed by atoms with Crippen LogP contribution in [0.15, 0.2) is 60.8 Å². The first-order valence-corrected chi connectivity index (χ1v) is 6.94. The van der Waals surface area contributed by atoms with E-state index in [0.29, 0.717) is 5.56 Å². The van der Waals surface area contributed by atoms with Crippen LogP contribution >= 0.6 is 0 Å². The second kappa shape index (κ2) is 6.56. The predicted molar refractivity (Wildman–Crippen MR) is 80.3 cm³/mol. The molecule has 1 aliphatic heterocycles. The number of benzene rings is 1. The number of halogens is 3. The van der Waals surface area contributed by atoms with Crippen LogP contribution in [0.5, 0.6) is 5.75 Å². The van der Waals surface area contributed by atoms with Gasteiger partial charge in [-0.25, -0.2) is 4.39 Å². The molecular formula is C17H13F3N2O. The largest absolute Gasteiger partial charge is 0.432 e. The van der Waals surface area contributed by atoms with E-state index in [1.807, 2.05) is 36.4 Å². The molecule has 2 heterocycles. The van der Waals surface area contributed by atoms with Crippen LogP contribution in [0.3, 0.4) is 0 Å². The molecule has 0 aliphatic carbocycles. The highest BCUT2D eigenvalue weighted by Gasteiger charge is 2.17. The molecule has 1 aromatic heterocycles. The molecule has 23 heavy (non-hydrogen) atoms. The third-order valence-corrected chi connectivity index (χ3v) is 3.35. The number of pyridine rings is 1. The normalized spacial score (nSPS) is 16.9. The van der Waals surface area contributed by atoms with Crippen molar-refractivity contribution in [1.82, 2.24) is 10.3 Å². The van der Waals surface area contributed by atoms with E-state index in [4.69, 9.17) is 0 Å². The van der Waals surface area contributed by atoms with Gasteiger partial charge in [-0.05, 0) is 35.9 Å². The second-order valence-corrected chi connectivity index (χ2v) is 4.87. The molecule has 0 bridgehead atoms. The first kappa shape index (κ1) is 15.1. The van der Waals surface area contributed by atoms with Crippen molar-refractivity contribution in [3.8, 4) is 5.75 Å². The molecule has 3 nitrogen and oxygen atoms in total. The molecule has 6 heteroatoms. The third kappa shape index (κ3) is 3.53. The average molecular weight is 318 g/mol. The fourth-order valence-corrected chi connectivity index (χ4v) is 2.30. The van der Waals surface area contributed by atoms with Crippen molar-refractivity contribution in [3.05, 3.63) is 77.9 Å². The summed E-state index contributed by atoms with van der Waals surface area (Å²) in [7, 11) is 0. The van der Waals surface area contributed by atoms with Gasteiger partial charge in [-0.15, -0.1) is 0 Å². The van der Waals surface area contributed by atoms with Crippen LogP contribution in [0.4, 0.5) is 13.2 Å². The fourth-order valence-electron chi connectivity index (χ4n) is 2.30. The van der Waals surface area contributed by atoms with Gasteiger partial charge in [0.1, 0.15) is 0 Å². The van der Waals surface area contributed by atoms with Crippen LogP contribution in [0, 0.1) is 5.82 Å². The van der Waals surface area contributed by atoms with E-state index in [0.717, 1.165) is 17.5 Å². The Morgan fingerprint density at radius 1 is 1.17 bits per heavy atom. The maximum absolute atomic E-state index is 13.5. The molecule has 3 rings (SSSR count). The molecule has 0 saturated carbocycles. The number of hydrogen-bond donors (Lipinski definition) is 1. The Hall–Kier alpha value is -2.76. The van der Waals surface area contributed by atoms with Crippen molar-refractivity contribution in [3.63, 3.8) is 0 Å². The molecular weight excluding hydrogens is 305 g/mol. The molecule has 0 fully saturated rings. The van der Waals surface area contributed by atoms with Crippen LogP contribution < -0.4 is 10.1 Å².